The summed E-state index contributed by atoms with van der Waals surface area (Å²) in [5.41, 5.74) is 0.566. The number of thioether (sulfide) groups is 1. The van der Waals surface area contributed by atoms with E-state index in [4.69, 9.17) is 0 Å². The van der Waals surface area contributed by atoms with Gasteiger partial charge >= 0.3 is 0 Å². The van der Waals surface area contributed by atoms with Crippen molar-refractivity contribution in [3.05, 3.63) is 42.6 Å². The van der Waals surface area contributed by atoms with Gasteiger partial charge in [0.15, 0.2) is 0 Å². The van der Waals surface area contributed by atoms with Crippen molar-refractivity contribution < 1.29 is 13.2 Å². The van der Waals surface area contributed by atoms with Crippen LogP contribution in [0.2, 0.25) is 0 Å². The third-order valence-corrected chi connectivity index (χ3v) is 7.80. The molecular weight excluding hydrogens is 384 g/mol. The minimum atomic E-state index is -3.61. The maximum atomic E-state index is 13.0. The second-order valence-corrected chi connectivity index (χ2v) is 9.81. The van der Waals surface area contributed by atoms with E-state index in [0.717, 1.165) is 10.7 Å². The van der Waals surface area contributed by atoms with E-state index in [-0.39, 0.29) is 16.1 Å². The van der Waals surface area contributed by atoms with Gasteiger partial charge in [-0.15, -0.1) is 11.8 Å². The standard InChI is InChI=1S/C18H20N4O3S2/c1-13-18(23)20-15-12-14(5-6-16(15)26-13)27(24,25)22-10-8-21(9-11-22)17-4-2-3-7-19-17/h2-7,12-13H,8-11H2,1H3,(H,20,23). The van der Waals surface area contributed by atoms with Crippen LogP contribution in [-0.2, 0) is 14.8 Å². The molecule has 142 valence electrons. The fourth-order valence-electron chi connectivity index (χ4n) is 3.20. The maximum Gasteiger partial charge on any atom is 0.243 e. The SMILES string of the molecule is CC1Sc2ccc(S(=O)(=O)N3CCN(c4ccccn4)CC3)cc2NC1=O. The van der Waals surface area contributed by atoms with Gasteiger partial charge in [-0.05, 0) is 37.3 Å². The number of carbonyl (C=O) groups excluding carboxylic acids is 1. The maximum absolute atomic E-state index is 13.0. The monoisotopic (exact) mass is 404 g/mol. The average Bonchev–Trinajstić information content (AvgIpc) is 2.69. The van der Waals surface area contributed by atoms with Gasteiger partial charge in [0, 0.05) is 37.3 Å². The third-order valence-electron chi connectivity index (χ3n) is 4.73. The number of fused-ring (bicyclic) bond motifs is 1. The molecule has 1 aromatic heterocycles. The molecule has 0 spiro atoms. The van der Waals surface area contributed by atoms with Crippen molar-refractivity contribution in [1.82, 2.24) is 9.29 Å². The number of pyridine rings is 1. The number of piperazine rings is 1. The van der Waals surface area contributed by atoms with Crippen LogP contribution < -0.4 is 10.2 Å². The Morgan fingerprint density at radius 2 is 1.93 bits per heavy atom. The molecule has 1 N–H and O–H groups in total. The molecule has 0 bridgehead atoms. The lowest BCUT2D eigenvalue weighted by Gasteiger charge is -2.34. The normalized spacial score (nSPS) is 20.9. The Labute approximate surface area is 162 Å². The highest BCUT2D eigenvalue weighted by Crippen LogP contribution is 2.37. The predicted molar refractivity (Wildman–Crippen MR) is 106 cm³/mol. The van der Waals surface area contributed by atoms with Gasteiger partial charge in [-0.2, -0.15) is 4.31 Å². The molecule has 4 rings (SSSR count). The summed E-state index contributed by atoms with van der Waals surface area (Å²) < 4.78 is 27.6. The van der Waals surface area contributed by atoms with Gasteiger partial charge in [0.25, 0.3) is 0 Å². The number of hydrogen-bond acceptors (Lipinski definition) is 6. The number of sulfonamides is 1. The summed E-state index contributed by atoms with van der Waals surface area (Å²) in [6, 6.07) is 10.7. The third kappa shape index (κ3) is 3.54. The highest BCUT2D eigenvalue weighted by Gasteiger charge is 2.31. The molecule has 9 heteroatoms. The van der Waals surface area contributed by atoms with Crippen molar-refractivity contribution in [2.75, 3.05) is 36.4 Å². The second-order valence-electron chi connectivity index (χ2n) is 6.49. The van der Waals surface area contributed by atoms with Crippen molar-refractivity contribution in [2.24, 2.45) is 0 Å². The van der Waals surface area contributed by atoms with Crippen molar-refractivity contribution in [2.45, 2.75) is 22.0 Å². The van der Waals surface area contributed by atoms with Crippen molar-refractivity contribution in [1.29, 1.82) is 0 Å². The highest BCUT2D eigenvalue weighted by atomic mass is 32.2. The van der Waals surface area contributed by atoms with Crippen LogP contribution in [0.15, 0.2) is 52.4 Å². The van der Waals surface area contributed by atoms with Crippen LogP contribution in [0.3, 0.4) is 0 Å². The molecule has 7 nitrogen and oxygen atoms in total. The van der Waals surface area contributed by atoms with E-state index >= 15 is 0 Å². The molecule has 2 aliphatic heterocycles. The van der Waals surface area contributed by atoms with E-state index in [1.165, 1.54) is 16.1 Å². The fourth-order valence-corrected chi connectivity index (χ4v) is 5.58. The Morgan fingerprint density at radius 1 is 1.15 bits per heavy atom. The molecule has 1 unspecified atom stereocenters. The Kier molecular flexibility index (Phi) is 4.83. The van der Waals surface area contributed by atoms with Crippen molar-refractivity contribution in [3.63, 3.8) is 0 Å². The zero-order valence-electron chi connectivity index (χ0n) is 14.8. The molecule has 2 aromatic rings. The zero-order chi connectivity index (χ0) is 19.0. The van der Waals surface area contributed by atoms with Crippen LogP contribution in [-0.4, -0.2) is 55.0 Å². The van der Waals surface area contributed by atoms with Crippen LogP contribution in [0.5, 0.6) is 0 Å². The van der Waals surface area contributed by atoms with Crippen LogP contribution in [0, 0.1) is 0 Å². The van der Waals surface area contributed by atoms with Crippen molar-refractivity contribution >= 4 is 39.2 Å². The van der Waals surface area contributed by atoms with Gasteiger partial charge in [0.2, 0.25) is 15.9 Å². The Morgan fingerprint density at radius 3 is 2.63 bits per heavy atom. The molecule has 1 saturated heterocycles. The molecule has 0 aliphatic carbocycles. The lowest BCUT2D eigenvalue weighted by molar-refractivity contribution is -0.115. The lowest BCUT2D eigenvalue weighted by atomic mass is 10.3. The number of nitrogens with one attached hydrogen (secondary N) is 1. The molecule has 0 radical (unpaired) electrons. The van der Waals surface area contributed by atoms with Gasteiger partial charge in [0.05, 0.1) is 15.8 Å². The summed E-state index contributed by atoms with van der Waals surface area (Å²) in [4.78, 5) is 19.4. The minimum Gasteiger partial charge on any atom is -0.354 e. The summed E-state index contributed by atoms with van der Waals surface area (Å²) in [7, 11) is -3.61. The molecule has 2 aliphatic rings. The van der Waals surface area contributed by atoms with Gasteiger partial charge in [-0.25, -0.2) is 13.4 Å². The molecular formula is C18H20N4O3S2. The molecule has 1 aromatic carbocycles. The Bertz CT molecular complexity index is 958. The van der Waals surface area contributed by atoms with Crippen molar-refractivity contribution in [3.8, 4) is 0 Å². The summed E-state index contributed by atoms with van der Waals surface area (Å²) in [6.07, 6.45) is 1.73. The molecule has 27 heavy (non-hydrogen) atoms. The fraction of sp³-hybridized carbons (Fsp3) is 0.333. The van der Waals surface area contributed by atoms with E-state index in [1.54, 1.807) is 24.4 Å². The highest BCUT2D eigenvalue weighted by molar-refractivity contribution is 8.01. The molecule has 3 heterocycles. The van der Waals surface area contributed by atoms with E-state index in [1.807, 2.05) is 25.1 Å². The quantitative estimate of drug-likeness (QED) is 0.843. The van der Waals surface area contributed by atoms with Crippen LogP contribution in [0.1, 0.15) is 6.92 Å². The predicted octanol–water partition coefficient (Wildman–Crippen LogP) is 2.03. The number of carbonyl (C=O) groups is 1. The topological polar surface area (TPSA) is 82.6 Å². The summed E-state index contributed by atoms with van der Waals surface area (Å²) >= 11 is 1.44. The van der Waals surface area contributed by atoms with Crippen LogP contribution in [0.4, 0.5) is 11.5 Å². The van der Waals surface area contributed by atoms with Gasteiger partial charge < -0.3 is 10.2 Å². The number of amides is 1. The van der Waals surface area contributed by atoms with E-state index in [2.05, 4.69) is 15.2 Å². The number of rotatable bonds is 3. The summed E-state index contributed by atoms with van der Waals surface area (Å²) in [5.74, 6) is 0.753. The second kappa shape index (κ2) is 7.14. The zero-order valence-corrected chi connectivity index (χ0v) is 16.5. The molecule has 1 amide bonds. The van der Waals surface area contributed by atoms with Gasteiger partial charge in [-0.1, -0.05) is 6.07 Å². The van der Waals surface area contributed by atoms with Gasteiger partial charge in [-0.3, -0.25) is 4.79 Å². The van der Waals surface area contributed by atoms with Crippen LogP contribution in [0.25, 0.3) is 0 Å². The lowest BCUT2D eigenvalue weighted by Crippen LogP contribution is -2.48. The Balaban J connectivity index is 1.51. The van der Waals surface area contributed by atoms with E-state index < -0.39 is 10.0 Å². The first kappa shape index (κ1) is 18.3. The summed E-state index contributed by atoms with van der Waals surface area (Å²) in [6.45, 7) is 3.80. The molecule has 0 saturated carbocycles. The Hall–Kier alpha value is -2.10. The van der Waals surface area contributed by atoms with Crippen LogP contribution >= 0.6 is 11.8 Å². The molecule has 1 fully saturated rings. The number of nitrogens with zero attached hydrogens (tertiary/aromatic N) is 3. The molecule has 1 atom stereocenters. The number of aromatic nitrogens is 1. The van der Waals surface area contributed by atoms with E-state index in [0.29, 0.717) is 31.9 Å². The average molecular weight is 405 g/mol. The number of benzene rings is 1. The first-order valence-electron chi connectivity index (χ1n) is 8.73. The number of hydrogen-bond donors (Lipinski definition) is 1. The minimum absolute atomic E-state index is 0.106. The first-order valence-corrected chi connectivity index (χ1v) is 11.0. The van der Waals surface area contributed by atoms with E-state index in [9.17, 15) is 13.2 Å². The number of anilines is 2. The first-order chi connectivity index (χ1) is 12.9. The largest absolute Gasteiger partial charge is 0.354 e. The van der Waals surface area contributed by atoms with Gasteiger partial charge in [0.1, 0.15) is 5.82 Å². The summed E-state index contributed by atoms with van der Waals surface area (Å²) in [5, 5.41) is 2.61. The smallest absolute Gasteiger partial charge is 0.243 e.